The summed E-state index contributed by atoms with van der Waals surface area (Å²) in [5.41, 5.74) is 5.23. The minimum Gasteiger partial charge on any atom is -0.380 e. The van der Waals surface area contributed by atoms with Crippen LogP contribution in [0.4, 0.5) is 11.4 Å². The van der Waals surface area contributed by atoms with E-state index in [4.69, 9.17) is 6.57 Å². The van der Waals surface area contributed by atoms with Crippen LogP contribution >= 0.6 is 12.4 Å². The molecule has 2 fully saturated rings. The zero-order valence-corrected chi connectivity index (χ0v) is 22.9. The summed E-state index contributed by atoms with van der Waals surface area (Å²) in [6.45, 7) is 10.4. The van der Waals surface area contributed by atoms with Crippen molar-refractivity contribution in [3.8, 4) is 0 Å². The molecule has 0 saturated carbocycles. The maximum atomic E-state index is 13.3. The zero-order chi connectivity index (χ0) is 27.8. The van der Waals surface area contributed by atoms with E-state index in [0.717, 1.165) is 30.1 Å². The van der Waals surface area contributed by atoms with Gasteiger partial charge in [0.05, 0.1) is 17.7 Å². The topological polar surface area (TPSA) is 103 Å². The third kappa shape index (κ3) is 5.44. The molecule has 0 radical (unpaired) electrons. The molecule has 0 spiro atoms. The van der Waals surface area contributed by atoms with Gasteiger partial charge < -0.3 is 5.32 Å². The fraction of sp³-hybridized carbons (Fsp3) is 0.258. The van der Waals surface area contributed by atoms with Crippen LogP contribution in [0.1, 0.15) is 56.2 Å². The molecule has 2 N–H and O–H groups in total. The Morgan fingerprint density at radius 1 is 0.902 bits per heavy atom. The molecule has 2 saturated heterocycles. The van der Waals surface area contributed by atoms with E-state index in [-0.39, 0.29) is 36.4 Å². The molecule has 6 rings (SSSR count). The fourth-order valence-electron chi connectivity index (χ4n) is 5.61. The normalized spacial score (nSPS) is 18.7. The molecule has 0 aliphatic carbocycles. The summed E-state index contributed by atoms with van der Waals surface area (Å²) in [5.74, 6) is -1.57. The number of carbonyl (C=O) groups excluding carboxylic acids is 4. The summed E-state index contributed by atoms with van der Waals surface area (Å²) in [6, 6.07) is 20.2. The Balaban J connectivity index is 0.00000337. The number of likely N-dealkylation sites (tertiary alicyclic amines) is 1. The maximum absolute atomic E-state index is 13.3. The SMILES string of the molecule is Cl.[C-]#[N+]c1ccc(C2CN(Cc3ccc(CNc4cccc5c4C(=O)N(C4CCC(=O)NC4=O)C5=O)cc3)C2)cc1. The zero-order valence-electron chi connectivity index (χ0n) is 22.1. The number of fused-ring (bicyclic) bond motifs is 1. The summed E-state index contributed by atoms with van der Waals surface area (Å²) in [7, 11) is 0. The largest absolute Gasteiger partial charge is 0.380 e. The van der Waals surface area contributed by atoms with Crippen LogP contribution in [0.5, 0.6) is 0 Å². The Labute approximate surface area is 243 Å². The summed E-state index contributed by atoms with van der Waals surface area (Å²) >= 11 is 0. The standard InChI is InChI=1S/C31H27N5O4.ClH/c1-32-23-11-9-21(10-12-23)22-17-35(18-22)16-20-7-5-19(6-8-20)15-33-25-4-2-3-24-28(25)31(40)36(30(24)39)26-13-14-27(37)34-29(26)38;/h2-12,22,26,33H,13-18H2,(H,34,37,38);1H. The van der Waals surface area contributed by atoms with Crippen LogP contribution in [0.3, 0.4) is 0 Å². The molecule has 10 heteroatoms. The van der Waals surface area contributed by atoms with Crippen LogP contribution in [0, 0.1) is 6.57 Å². The maximum Gasteiger partial charge on any atom is 0.264 e. The van der Waals surface area contributed by atoms with Gasteiger partial charge in [0.15, 0.2) is 5.69 Å². The number of hydrogen-bond donors (Lipinski definition) is 2. The van der Waals surface area contributed by atoms with Crippen molar-refractivity contribution in [3.63, 3.8) is 0 Å². The van der Waals surface area contributed by atoms with Crippen molar-refractivity contribution in [2.75, 3.05) is 18.4 Å². The van der Waals surface area contributed by atoms with Gasteiger partial charge in [-0.05, 0) is 35.2 Å². The number of halogens is 1. The van der Waals surface area contributed by atoms with E-state index in [1.807, 2.05) is 12.1 Å². The predicted molar refractivity (Wildman–Crippen MR) is 155 cm³/mol. The van der Waals surface area contributed by atoms with Crippen molar-refractivity contribution in [1.82, 2.24) is 15.1 Å². The molecule has 3 aliphatic heterocycles. The second-order valence-corrected chi connectivity index (χ2v) is 10.4. The number of benzene rings is 3. The van der Waals surface area contributed by atoms with Crippen molar-refractivity contribution in [2.45, 2.75) is 37.9 Å². The molecule has 0 aromatic heterocycles. The highest BCUT2D eigenvalue weighted by atomic mass is 35.5. The Morgan fingerprint density at radius 3 is 2.29 bits per heavy atom. The third-order valence-electron chi connectivity index (χ3n) is 7.83. The van der Waals surface area contributed by atoms with Gasteiger partial charge in [0.25, 0.3) is 11.8 Å². The van der Waals surface area contributed by atoms with Crippen molar-refractivity contribution in [2.24, 2.45) is 0 Å². The molecule has 4 amide bonds. The van der Waals surface area contributed by atoms with E-state index in [1.54, 1.807) is 18.2 Å². The Hall–Kier alpha value is -4.52. The van der Waals surface area contributed by atoms with Gasteiger partial charge in [-0.3, -0.25) is 34.3 Å². The minimum atomic E-state index is -0.989. The van der Waals surface area contributed by atoms with Crippen molar-refractivity contribution >= 4 is 47.4 Å². The van der Waals surface area contributed by atoms with Gasteiger partial charge in [0, 0.05) is 44.2 Å². The first kappa shape index (κ1) is 28.0. The smallest absolute Gasteiger partial charge is 0.264 e. The van der Waals surface area contributed by atoms with Gasteiger partial charge in [-0.15, -0.1) is 12.4 Å². The number of carbonyl (C=O) groups is 4. The van der Waals surface area contributed by atoms with E-state index in [1.165, 1.54) is 11.1 Å². The highest BCUT2D eigenvalue weighted by Crippen LogP contribution is 2.33. The van der Waals surface area contributed by atoms with E-state index in [9.17, 15) is 19.2 Å². The highest BCUT2D eigenvalue weighted by molar-refractivity contribution is 6.25. The Morgan fingerprint density at radius 2 is 1.61 bits per heavy atom. The van der Waals surface area contributed by atoms with Crippen LogP contribution in [0.15, 0.2) is 66.7 Å². The quantitative estimate of drug-likeness (QED) is 0.325. The van der Waals surface area contributed by atoms with E-state index >= 15 is 0 Å². The number of piperidine rings is 1. The summed E-state index contributed by atoms with van der Waals surface area (Å²) in [4.78, 5) is 57.0. The Bertz CT molecular complexity index is 1560. The number of rotatable bonds is 7. The first-order valence-corrected chi connectivity index (χ1v) is 13.3. The first-order chi connectivity index (χ1) is 19.4. The number of imide groups is 2. The predicted octanol–water partition coefficient (Wildman–Crippen LogP) is 4.27. The molecule has 3 aromatic carbocycles. The van der Waals surface area contributed by atoms with Gasteiger partial charge in [0.1, 0.15) is 6.04 Å². The van der Waals surface area contributed by atoms with Gasteiger partial charge in [0.2, 0.25) is 11.8 Å². The average Bonchev–Trinajstić information content (AvgIpc) is 3.20. The van der Waals surface area contributed by atoms with Crippen LogP contribution < -0.4 is 10.6 Å². The van der Waals surface area contributed by atoms with Crippen LogP contribution in [-0.4, -0.2) is 52.6 Å². The molecule has 1 unspecified atom stereocenters. The monoisotopic (exact) mass is 569 g/mol. The van der Waals surface area contributed by atoms with Gasteiger partial charge in [-0.1, -0.05) is 54.6 Å². The van der Waals surface area contributed by atoms with E-state index in [2.05, 4.69) is 56.8 Å². The molecule has 0 bridgehead atoms. The second-order valence-electron chi connectivity index (χ2n) is 10.4. The number of hydrogen-bond acceptors (Lipinski definition) is 6. The molecule has 3 aliphatic rings. The Kier molecular flexibility index (Phi) is 7.88. The minimum absolute atomic E-state index is 0. The molecule has 9 nitrogen and oxygen atoms in total. The van der Waals surface area contributed by atoms with Crippen LogP contribution in [0.25, 0.3) is 4.85 Å². The van der Waals surface area contributed by atoms with Crippen molar-refractivity contribution in [1.29, 1.82) is 0 Å². The van der Waals surface area contributed by atoms with Crippen LogP contribution in [0.2, 0.25) is 0 Å². The van der Waals surface area contributed by atoms with Crippen molar-refractivity contribution < 1.29 is 19.2 Å². The number of nitrogens with one attached hydrogen (secondary N) is 2. The van der Waals surface area contributed by atoms with Crippen LogP contribution in [-0.2, 0) is 22.7 Å². The van der Waals surface area contributed by atoms with Gasteiger partial charge in [-0.25, -0.2) is 4.85 Å². The van der Waals surface area contributed by atoms with E-state index < -0.39 is 29.7 Å². The molecule has 3 aromatic rings. The number of nitrogens with zero attached hydrogens (tertiary/aromatic N) is 3. The second kappa shape index (κ2) is 11.5. The summed E-state index contributed by atoms with van der Waals surface area (Å²) in [5, 5.41) is 5.51. The fourth-order valence-corrected chi connectivity index (χ4v) is 5.61. The summed E-state index contributed by atoms with van der Waals surface area (Å²) in [6.07, 6.45) is 0.209. The van der Waals surface area contributed by atoms with E-state index in [0.29, 0.717) is 23.8 Å². The van der Waals surface area contributed by atoms with Gasteiger partial charge in [-0.2, -0.15) is 0 Å². The first-order valence-electron chi connectivity index (χ1n) is 13.3. The molecule has 208 valence electrons. The molecule has 41 heavy (non-hydrogen) atoms. The molecule has 3 heterocycles. The average molecular weight is 570 g/mol. The molecular formula is C31H28ClN5O4. The lowest BCUT2D eigenvalue weighted by atomic mass is 9.91. The highest BCUT2D eigenvalue weighted by Gasteiger charge is 2.45. The van der Waals surface area contributed by atoms with Crippen molar-refractivity contribution in [3.05, 3.63) is 106 Å². The lowest BCUT2D eigenvalue weighted by molar-refractivity contribution is -0.136. The third-order valence-corrected chi connectivity index (χ3v) is 7.83. The number of amides is 4. The summed E-state index contributed by atoms with van der Waals surface area (Å²) < 4.78 is 0. The lowest BCUT2D eigenvalue weighted by Crippen LogP contribution is -2.54. The molecule has 1 atom stereocenters. The van der Waals surface area contributed by atoms with Gasteiger partial charge >= 0.3 is 0 Å². The lowest BCUT2D eigenvalue weighted by Gasteiger charge is -2.39. The molecular weight excluding hydrogens is 542 g/mol. The number of anilines is 1.